The number of esters is 2. The highest BCUT2D eigenvalue weighted by molar-refractivity contribution is 5.76. The van der Waals surface area contributed by atoms with Gasteiger partial charge >= 0.3 is 18.0 Å². The molecule has 0 atom stereocenters. The SMILES string of the molecule is CCCCCCCCCOC(=O)CCCCCCCN(CCCCCCCC(=O)OC(CCCCCCCC)CCCCCCCC)C(=O)CCOCCOCCOCCOCCNC(=O)OC(C)(C)C. The number of hydrogen-bond acceptors (Lipinski definition) is 11. The molecule has 0 radical (unpaired) electrons. The van der Waals surface area contributed by atoms with E-state index in [-0.39, 0.29) is 23.9 Å². The summed E-state index contributed by atoms with van der Waals surface area (Å²) in [6.45, 7) is 17.8. The number of carbonyl (C=O) groups is 4. The minimum atomic E-state index is -0.531. The second-order valence-corrected chi connectivity index (χ2v) is 20.6. The highest BCUT2D eigenvalue weighted by atomic mass is 16.6. The van der Waals surface area contributed by atoms with Gasteiger partial charge in [-0.25, -0.2) is 4.79 Å². The Labute approximate surface area is 435 Å². The molecule has 0 aliphatic rings. The molecule has 0 saturated carbocycles. The van der Waals surface area contributed by atoms with Gasteiger partial charge in [0.05, 0.1) is 65.9 Å². The molecule has 0 unspecified atom stereocenters. The lowest BCUT2D eigenvalue weighted by molar-refractivity contribution is -0.150. The molecule has 13 nitrogen and oxygen atoms in total. The van der Waals surface area contributed by atoms with Crippen LogP contribution in [0.1, 0.15) is 260 Å². The topological polar surface area (TPSA) is 148 Å². The van der Waals surface area contributed by atoms with Crippen LogP contribution >= 0.6 is 0 Å². The summed E-state index contributed by atoms with van der Waals surface area (Å²) in [5.41, 5.74) is -0.531. The molecule has 0 fully saturated rings. The summed E-state index contributed by atoms with van der Waals surface area (Å²) in [7, 11) is 0. The lowest BCUT2D eigenvalue weighted by Crippen LogP contribution is -2.34. The summed E-state index contributed by atoms with van der Waals surface area (Å²) in [5.74, 6) is 0.0000991. The predicted octanol–water partition coefficient (Wildman–Crippen LogP) is 14.2. The molecule has 0 aliphatic heterocycles. The molecule has 0 aliphatic carbocycles. The van der Waals surface area contributed by atoms with Crippen LogP contribution in [-0.4, -0.2) is 120 Å². The molecule has 0 aromatic carbocycles. The minimum absolute atomic E-state index is 0.0354. The van der Waals surface area contributed by atoms with Crippen LogP contribution in [0.5, 0.6) is 0 Å². The number of rotatable bonds is 54. The third-order valence-corrected chi connectivity index (χ3v) is 12.5. The standard InChI is InChI=1S/C58H112N2O11/c1-7-10-13-16-19-28-35-44-69-55(62)38-31-24-20-26-33-42-60(54(61)40-45-65-47-49-67-51-52-68-50-48-66-46-41-59-57(64)71-58(4,5)6)43-34-27-21-25-32-39-56(63)70-53(36-29-22-17-14-11-8-2)37-30-23-18-15-12-9-3/h53H,7-52H2,1-6H3,(H,59,64). The van der Waals surface area contributed by atoms with Gasteiger partial charge in [-0.15, -0.1) is 0 Å². The molecule has 71 heavy (non-hydrogen) atoms. The zero-order valence-electron chi connectivity index (χ0n) is 47.0. The number of amides is 2. The summed E-state index contributed by atoms with van der Waals surface area (Å²) in [5, 5.41) is 2.65. The third-order valence-electron chi connectivity index (χ3n) is 12.5. The Morgan fingerprint density at radius 3 is 1.30 bits per heavy atom. The maximum absolute atomic E-state index is 13.4. The van der Waals surface area contributed by atoms with Crippen molar-refractivity contribution in [1.29, 1.82) is 0 Å². The summed E-state index contributed by atoms with van der Waals surface area (Å²) in [6.07, 6.45) is 36.0. The fraction of sp³-hybridized carbons (Fsp3) is 0.931. The monoisotopic (exact) mass is 1010 g/mol. The Morgan fingerprint density at radius 2 is 0.817 bits per heavy atom. The highest BCUT2D eigenvalue weighted by Crippen LogP contribution is 2.19. The van der Waals surface area contributed by atoms with Gasteiger partial charge in [0.25, 0.3) is 0 Å². The molecule has 0 heterocycles. The number of hydrogen-bond donors (Lipinski definition) is 1. The van der Waals surface area contributed by atoms with Gasteiger partial charge < -0.3 is 43.4 Å². The summed E-state index contributed by atoms with van der Waals surface area (Å²) in [6, 6.07) is 0. The molecule has 0 bridgehead atoms. The number of carbonyl (C=O) groups excluding carboxylic acids is 4. The van der Waals surface area contributed by atoms with Crippen molar-refractivity contribution in [1.82, 2.24) is 10.2 Å². The zero-order chi connectivity index (χ0) is 52.1. The zero-order valence-corrected chi connectivity index (χ0v) is 47.0. The molecular weight excluding hydrogens is 901 g/mol. The first-order valence-corrected chi connectivity index (χ1v) is 29.4. The third kappa shape index (κ3) is 52.2. The maximum Gasteiger partial charge on any atom is 0.407 e. The Hall–Kier alpha value is -2.48. The molecule has 2 amide bonds. The molecule has 13 heteroatoms. The maximum atomic E-state index is 13.4. The fourth-order valence-electron chi connectivity index (χ4n) is 8.31. The quantitative estimate of drug-likeness (QED) is 0.0353. The van der Waals surface area contributed by atoms with Gasteiger partial charge in [0.2, 0.25) is 5.91 Å². The van der Waals surface area contributed by atoms with Crippen molar-refractivity contribution in [3.63, 3.8) is 0 Å². The number of alkyl carbamates (subject to hydrolysis) is 1. The van der Waals surface area contributed by atoms with Crippen molar-refractivity contribution in [3.8, 4) is 0 Å². The van der Waals surface area contributed by atoms with Gasteiger partial charge in [-0.05, 0) is 78.6 Å². The van der Waals surface area contributed by atoms with Gasteiger partial charge in [0, 0.05) is 32.5 Å². The molecule has 0 spiro atoms. The Balaban J connectivity index is 4.58. The lowest BCUT2D eigenvalue weighted by Gasteiger charge is -2.23. The van der Waals surface area contributed by atoms with Gasteiger partial charge in [0.15, 0.2) is 0 Å². The van der Waals surface area contributed by atoms with Crippen LogP contribution in [0.4, 0.5) is 4.79 Å². The Morgan fingerprint density at radius 1 is 0.423 bits per heavy atom. The van der Waals surface area contributed by atoms with Crippen LogP contribution in [-0.2, 0) is 47.5 Å². The molecule has 1 N–H and O–H groups in total. The van der Waals surface area contributed by atoms with E-state index in [4.69, 9.17) is 33.2 Å². The van der Waals surface area contributed by atoms with Crippen LogP contribution in [0.3, 0.4) is 0 Å². The van der Waals surface area contributed by atoms with E-state index in [1.54, 1.807) is 0 Å². The van der Waals surface area contributed by atoms with Crippen molar-refractivity contribution in [2.75, 3.05) is 79.1 Å². The molecular formula is C58H112N2O11. The Kier molecular flexibility index (Phi) is 50.6. The van der Waals surface area contributed by atoms with Gasteiger partial charge in [0.1, 0.15) is 11.7 Å². The largest absolute Gasteiger partial charge is 0.466 e. The number of nitrogens with zero attached hydrogens (tertiary/aromatic N) is 1. The highest BCUT2D eigenvalue weighted by Gasteiger charge is 2.17. The average molecular weight is 1010 g/mol. The Bertz CT molecular complexity index is 1180. The number of unbranched alkanes of at least 4 members (excludes halogenated alkanes) is 24. The van der Waals surface area contributed by atoms with Crippen LogP contribution in [0, 0.1) is 0 Å². The minimum Gasteiger partial charge on any atom is -0.466 e. The van der Waals surface area contributed by atoms with E-state index in [0.717, 1.165) is 116 Å². The van der Waals surface area contributed by atoms with Gasteiger partial charge in [-0.3, -0.25) is 14.4 Å². The van der Waals surface area contributed by atoms with Crippen molar-refractivity contribution >= 4 is 23.9 Å². The van der Waals surface area contributed by atoms with E-state index in [1.807, 2.05) is 25.7 Å². The van der Waals surface area contributed by atoms with E-state index < -0.39 is 11.7 Å². The van der Waals surface area contributed by atoms with E-state index in [9.17, 15) is 19.2 Å². The van der Waals surface area contributed by atoms with E-state index in [2.05, 4.69) is 26.1 Å². The van der Waals surface area contributed by atoms with Crippen molar-refractivity contribution in [2.45, 2.75) is 272 Å². The number of nitrogens with one attached hydrogen (secondary N) is 1. The summed E-state index contributed by atoms with van der Waals surface area (Å²) >= 11 is 0. The average Bonchev–Trinajstić information content (AvgIpc) is 3.33. The second-order valence-electron chi connectivity index (χ2n) is 20.6. The number of ether oxygens (including phenoxy) is 7. The fourth-order valence-corrected chi connectivity index (χ4v) is 8.31. The van der Waals surface area contributed by atoms with Crippen molar-refractivity contribution < 1.29 is 52.3 Å². The second kappa shape index (κ2) is 52.4. The molecule has 0 rings (SSSR count). The van der Waals surface area contributed by atoms with E-state index in [1.165, 1.54) is 96.3 Å². The first-order chi connectivity index (χ1) is 34.5. The van der Waals surface area contributed by atoms with E-state index in [0.29, 0.717) is 85.3 Å². The smallest absolute Gasteiger partial charge is 0.407 e. The molecule has 0 aromatic heterocycles. The predicted molar refractivity (Wildman–Crippen MR) is 289 cm³/mol. The molecule has 0 aromatic rings. The molecule has 420 valence electrons. The van der Waals surface area contributed by atoms with Crippen LogP contribution in [0.25, 0.3) is 0 Å². The van der Waals surface area contributed by atoms with Crippen molar-refractivity contribution in [2.24, 2.45) is 0 Å². The van der Waals surface area contributed by atoms with Gasteiger partial charge in [-0.1, -0.05) is 162 Å². The molecule has 0 saturated heterocycles. The van der Waals surface area contributed by atoms with Crippen molar-refractivity contribution in [3.05, 3.63) is 0 Å². The lowest BCUT2D eigenvalue weighted by atomic mass is 10.0. The van der Waals surface area contributed by atoms with Crippen LogP contribution in [0.15, 0.2) is 0 Å². The normalized spacial score (nSPS) is 11.6. The van der Waals surface area contributed by atoms with Gasteiger partial charge in [-0.2, -0.15) is 0 Å². The van der Waals surface area contributed by atoms with E-state index >= 15 is 0 Å². The summed E-state index contributed by atoms with van der Waals surface area (Å²) < 4.78 is 39.1. The van der Waals surface area contributed by atoms with Crippen LogP contribution in [0.2, 0.25) is 0 Å². The first kappa shape index (κ1) is 68.5. The summed E-state index contributed by atoms with van der Waals surface area (Å²) in [4.78, 5) is 52.2. The first-order valence-electron chi connectivity index (χ1n) is 29.4. The van der Waals surface area contributed by atoms with Crippen LogP contribution < -0.4 is 5.32 Å².